The van der Waals surface area contributed by atoms with Crippen molar-refractivity contribution in [3.8, 4) is 5.75 Å². The first-order valence-electron chi connectivity index (χ1n) is 2.71. The Bertz CT molecular complexity index is 252. The van der Waals surface area contributed by atoms with Gasteiger partial charge in [-0.25, -0.2) is 4.39 Å². The molecule has 1 nitrogen and oxygen atoms in total. The standard InChI is InChI=1S/C7H4Cl2FO/c1-11-7-5(8)2-4(10)3-6(7)9/h2-3H,1H2. The van der Waals surface area contributed by atoms with Crippen LogP contribution in [0.3, 0.4) is 0 Å². The zero-order valence-corrected chi connectivity index (χ0v) is 6.92. The van der Waals surface area contributed by atoms with E-state index >= 15 is 0 Å². The number of hydrogen-bond acceptors (Lipinski definition) is 1. The highest BCUT2D eigenvalue weighted by Gasteiger charge is 2.07. The minimum absolute atomic E-state index is 0.116. The fraction of sp³-hybridized carbons (Fsp3) is 0. The third kappa shape index (κ3) is 1.76. The van der Waals surface area contributed by atoms with Crippen LogP contribution in [0.5, 0.6) is 5.75 Å². The van der Waals surface area contributed by atoms with Gasteiger partial charge in [0.25, 0.3) is 0 Å². The molecule has 1 aromatic carbocycles. The van der Waals surface area contributed by atoms with Gasteiger partial charge in [-0.15, -0.1) is 0 Å². The first-order valence-corrected chi connectivity index (χ1v) is 3.47. The molecule has 0 atom stereocenters. The molecule has 0 unspecified atom stereocenters. The number of benzene rings is 1. The Kier molecular flexibility index (Phi) is 2.58. The predicted molar refractivity (Wildman–Crippen MR) is 42.4 cm³/mol. The lowest BCUT2D eigenvalue weighted by Crippen LogP contribution is -1.84. The van der Waals surface area contributed by atoms with Crippen LogP contribution in [0.1, 0.15) is 0 Å². The van der Waals surface area contributed by atoms with Crippen molar-refractivity contribution in [3.05, 3.63) is 35.1 Å². The summed E-state index contributed by atoms with van der Waals surface area (Å²) in [6.45, 7) is 0. The van der Waals surface area contributed by atoms with Gasteiger partial charge in [-0.2, -0.15) is 0 Å². The van der Waals surface area contributed by atoms with E-state index < -0.39 is 5.82 Å². The van der Waals surface area contributed by atoms with Crippen molar-refractivity contribution >= 4 is 23.2 Å². The van der Waals surface area contributed by atoms with Crippen LogP contribution in [0, 0.1) is 12.9 Å². The normalized spacial score (nSPS) is 9.82. The molecule has 59 valence electrons. The van der Waals surface area contributed by atoms with Crippen LogP contribution in [-0.4, -0.2) is 0 Å². The molecule has 0 saturated heterocycles. The van der Waals surface area contributed by atoms with Gasteiger partial charge in [0.2, 0.25) is 0 Å². The molecule has 0 saturated carbocycles. The van der Waals surface area contributed by atoms with Gasteiger partial charge in [-0.1, -0.05) is 23.2 Å². The molecule has 4 heteroatoms. The van der Waals surface area contributed by atoms with Crippen LogP contribution in [0.15, 0.2) is 12.1 Å². The molecule has 1 radical (unpaired) electrons. The highest BCUT2D eigenvalue weighted by molar-refractivity contribution is 6.37. The number of rotatable bonds is 1. The molecule has 0 aromatic heterocycles. The van der Waals surface area contributed by atoms with Crippen LogP contribution in [0.25, 0.3) is 0 Å². The number of halogens is 3. The Labute approximate surface area is 73.7 Å². The summed E-state index contributed by atoms with van der Waals surface area (Å²) in [5.74, 6) is -0.310. The second-order valence-corrected chi connectivity index (χ2v) is 2.66. The molecular weight excluding hydrogens is 190 g/mol. The van der Waals surface area contributed by atoms with Crippen molar-refractivity contribution < 1.29 is 9.13 Å². The highest BCUT2D eigenvalue weighted by Crippen LogP contribution is 2.33. The van der Waals surface area contributed by atoms with Gasteiger partial charge in [0.15, 0.2) is 5.75 Å². The molecule has 0 aliphatic heterocycles. The SMILES string of the molecule is [CH2]Oc1c(Cl)cc(F)cc1Cl. The van der Waals surface area contributed by atoms with E-state index in [1.807, 2.05) is 0 Å². The molecule has 0 N–H and O–H groups in total. The second kappa shape index (κ2) is 3.28. The van der Waals surface area contributed by atoms with Crippen molar-refractivity contribution in [2.45, 2.75) is 0 Å². The Morgan fingerprint density at radius 2 is 1.73 bits per heavy atom. The maximum absolute atomic E-state index is 12.5. The summed E-state index contributed by atoms with van der Waals surface area (Å²) in [4.78, 5) is 0. The maximum Gasteiger partial charge on any atom is 0.156 e. The number of ether oxygens (including phenoxy) is 1. The van der Waals surface area contributed by atoms with Crippen LogP contribution < -0.4 is 4.74 Å². The Balaban J connectivity index is 3.25. The summed E-state index contributed by atoms with van der Waals surface area (Å²) in [6.07, 6.45) is 0. The molecule has 1 aromatic rings. The van der Waals surface area contributed by atoms with Crippen molar-refractivity contribution in [3.63, 3.8) is 0 Å². The minimum Gasteiger partial charge on any atom is -0.487 e. The summed E-state index contributed by atoms with van der Waals surface area (Å²) >= 11 is 11.1. The lowest BCUT2D eigenvalue weighted by atomic mass is 10.3. The van der Waals surface area contributed by atoms with Gasteiger partial charge in [-0.05, 0) is 12.1 Å². The van der Waals surface area contributed by atoms with E-state index in [1.54, 1.807) is 0 Å². The lowest BCUT2D eigenvalue weighted by molar-refractivity contribution is 0.471. The van der Waals surface area contributed by atoms with Crippen molar-refractivity contribution in [1.82, 2.24) is 0 Å². The van der Waals surface area contributed by atoms with Crippen molar-refractivity contribution in [2.24, 2.45) is 0 Å². The second-order valence-electron chi connectivity index (χ2n) is 1.84. The predicted octanol–water partition coefficient (Wildman–Crippen LogP) is 3.30. The average Bonchev–Trinajstić information content (AvgIpc) is 1.85. The maximum atomic E-state index is 12.5. The van der Waals surface area contributed by atoms with Gasteiger partial charge in [0, 0.05) is 0 Å². The molecule has 0 amide bonds. The Morgan fingerprint density at radius 3 is 2.09 bits per heavy atom. The molecule has 11 heavy (non-hydrogen) atoms. The van der Waals surface area contributed by atoms with E-state index in [0.29, 0.717) is 0 Å². The van der Waals surface area contributed by atoms with Gasteiger partial charge in [0.05, 0.1) is 10.0 Å². The van der Waals surface area contributed by atoms with E-state index in [0.717, 1.165) is 12.1 Å². The van der Waals surface area contributed by atoms with E-state index in [-0.39, 0.29) is 15.8 Å². The Hall–Kier alpha value is -0.470. The molecule has 0 heterocycles. The summed E-state index contributed by atoms with van der Waals surface area (Å²) in [5, 5.41) is 0.231. The largest absolute Gasteiger partial charge is 0.487 e. The number of hydrogen-bond donors (Lipinski definition) is 0. The quantitative estimate of drug-likeness (QED) is 0.666. The van der Waals surface area contributed by atoms with Crippen LogP contribution >= 0.6 is 23.2 Å². The molecule has 0 aliphatic rings. The highest BCUT2D eigenvalue weighted by atomic mass is 35.5. The van der Waals surface area contributed by atoms with E-state index in [9.17, 15) is 4.39 Å². The van der Waals surface area contributed by atoms with Crippen LogP contribution in [-0.2, 0) is 0 Å². The zero-order chi connectivity index (χ0) is 8.43. The monoisotopic (exact) mass is 193 g/mol. The molecule has 0 fully saturated rings. The van der Waals surface area contributed by atoms with E-state index in [2.05, 4.69) is 11.8 Å². The summed E-state index contributed by atoms with van der Waals surface area (Å²) in [6, 6.07) is 2.21. The summed E-state index contributed by atoms with van der Waals surface area (Å²) in [7, 11) is 3.12. The first kappa shape index (κ1) is 8.62. The third-order valence-electron chi connectivity index (χ3n) is 1.11. The fourth-order valence-corrected chi connectivity index (χ4v) is 1.24. The Morgan fingerprint density at radius 1 is 1.27 bits per heavy atom. The van der Waals surface area contributed by atoms with Gasteiger partial charge in [0.1, 0.15) is 12.9 Å². The molecular formula is C7H4Cl2FO. The topological polar surface area (TPSA) is 9.23 Å². The lowest BCUT2D eigenvalue weighted by Gasteiger charge is -2.03. The third-order valence-corrected chi connectivity index (χ3v) is 1.67. The molecule has 0 spiro atoms. The summed E-state index contributed by atoms with van der Waals surface area (Å²) < 4.78 is 17.1. The van der Waals surface area contributed by atoms with Crippen LogP contribution in [0.4, 0.5) is 4.39 Å². The van der Waals surface area contributed by atoms with Crippen LogP contribution in [0.2, 0.25) is 10.0 Å². The van der Waals surface area contributed by atoms with Gasteiger partial charge in [-0.3, -0.25) is 0 Å². The molecule has 0 bridgehead atoms. The molecule has 0 aliphatic carbocycles. The van der Waals surface area contributed by atoms with Gasteiger partial charge >= 0.3 is 0 Å². The van der Waals surface area contributed by atoms with Crippen molar-refractivity contribution in [2.75, 3.05) is 0 Å². The van der Waals surface area contributed by atoms with Gasteiger partial charge < -0.3 is 4.74 Å². The fourth-order valence-electron chi connectivity index (χ4n) is 0.667. The molecule has 1 rings (SSSR count). The minimum atomic E-state index is -0.499. The van der Waals surface area contributed by atoms with E-state index in [4.69, 9.17) is 23.2 Å². The summed E-state index contributed by atoms with van der Waals surface area (Å²) in [5.41, 5.74) is 0. The zero-order valence-electron chi connectivity index (χ0n) is 5.40. The first-order chi connectivity index (χ1) is 5.15. The smallest absolute Gasteiger partial charge is 0.156 e. The average molecular weight is 194 g/mol. The van der Waals surface area contributed by atoms with E-state index in [1.165, 1.54) is 0 Å². The van der Waals surface area contributed by atoms with Crippen molar-refractivity contribution in [1.29, 1.82) is 0 Å².